The fourth-order valence-corrected chi connectivity index (χ4v) is 3.37. The number of benzene rings is 1. The topological polar surface area (TPSA) is 50.8 Å². The van der Waals surface area contributed by atoms with Gasteiger partial charge in [0.2, 0.25) is 0 Å². The molecule has 5 nitrogen and oxygen atoms in total. The van der Waals surface area contributed by atoms with Gasteiger partial charge in [0.05, 0.1) is 12.7 Å². The number of fused-ring (bicyclic) bond motifs is 1. The first-order valence-electron chi connectivity index (χ1n) is 8.36. The Kier molecular flexibility index (Phi) is 4.87. The Morgan fingerprint density at radius 1 is 1.35 bits per heavy atom. The zero-order valence-electron chi connectivity index (χ0n) is 14.2. The third kappa shape index (κ3) is 4.03. The summed E-state index contributed by atoms with van der Waals surface area (Å²) >= 11 is 0. The SMILES string of the molecule is Cc1ccc(OCC(=O)N[C@H]2C[C@H]3CO[C@@H](C)CN3C2)cc1C. The lowest BCUT2D eigenvalue weighted by Gasteiger charge is -2.33. The fourth-order valence-electron chi connectivity index (χ4n) is 3.37. The molecule has 0 unspecified atom stereocenters. The molecular formula is C18H26N2O3. The summed E-state index contributed by atoms with van der Waals surface area (Å²) in [5.41, 5.74) is 2.39. The van der Waals surface area contributed by atoms with Gasteiger partial charge >= 0.3 is 0 Å². The van der Waals surface area contributed by atoms with Gasteiger partial charge in [-0.3, -0.25) is 9.69 Å². The van der Waals surface area contributed by atoms with Crippen molar-refractivity contribution in [3.63, 3.8) is 0 Å². The second kappa shape index (κ2) is 6.89. The van der Waals surface area contributed by atoms with E-state index in [9.17, 15) is 4.79 Å². The number of hydrogen-bond donors (Lipinski definition) is 1. The van der Waals surface area contributed by atoms with E-state index < -0.39 is 0 Å². The highest BCUT2D eigenvalue weighted by Gasteiger charge is 2.36. The van der Waals surface area contributed by atoms with Crippen molar-refractivity contribution in [2.45, 2.75) is 45.4 Å². The molecule has 2 fully saturated rings. The molecule has 0 bridgehead atoms. The quantitative estimate of drug-likeness (QED) is 0.917. The van der Waals surface area contributed by atoms with E-state index in [0.29, 0.717) is 6.04 Å². The van der Waals surface area contributed by atoms with Crippen LogP contribution in [0.25, 0.3) is 0 Å². The largest absolute Gasteiger partial charge is 0.484 e. The van der Waals surface area contributed by atoms with Crippen LogP contribution in [0.5, 0.6) is 5.75 Å². The highest BCUT2D eigenvalue weighted by molar-refractivity contribution is 5.77. The zero-order valence-corrected chi connectivity index (χ0v) is 14.2. The molecule has 1 amide bonds. The maximum Gasteiger partial charge on any atom is 0.258 e. The van der Waals surface area contributed by atoms with Crippen LogP contribution in [0.15, 0.2) is 18.2 Å². The number of nitrogens with one attached hydrogen (secondary N) is 1. The van der Waals surface area contributed by atoms with Gasteiger partial charge < -0.3 is 14.8 Å². The first-order valence-corrected chi connectivity index (χ1v) is 8.36. The molecular weight excluding hydrogens is 292 g/mol. The molecule has 0 aliphatic carbocycles. The molecule has 2 saturated heterocycles. The maximum atomic E-state index is 12.1. The van der Waals surface area contributed by atoms with Crippen LogP contribution >= 0.6 is 0 Å². The molecule has 0 saturated carbocycles. The third-order valence-electron chi connectivity index (χ3n) is 4.81. The van der Waals surface area contributed by atoms with Crippen molar-refractivity contribution in [3.05, 3.63) is 29.3 Å². The Morgan fingerprint density at radius 3 is 2.96 bits per heavy atom. The number of ether oxygens (including phenoxy) is 2. The molecule has 3 atom stereocenters. The van der Waals surface area contributed by atoms with Gasteiger partial charge in [-0.15, -0.1) is 0 Å². The Balaban J connectivity index is 1.45. The molecule has 23 heavy (non-hydrogen) atoms. The van der Waals surface area contributed by atoms with Crippen LogP contribution in [0, 0.1) is 13.8 Å². The van der Waals surface area contributed by atoms with Gasteiger partial charge in [0.15, 0.2) is 6.61 Å². The zero-order chi connectivity index (χ0) is 16.4. The van der Waals surface area contributed by atoms with Crippen molar-refractivity contribution in [2.75, 3.05) is 26.3 Å². The van der Waals surface area contributed by atoms with Crippen molar-refractivity contribution in [1.29, 1.82) is 0 Å². The van der Waals surface area contributed by atoms with E-state index >= 15 is 0 Å². The first kappa shape index (κ1) is 16.3. The summed E-state index contributed by atoms with van der Waals surface area (Å²) in [7, 11) is 0. The van der Waals surface area contributed by atoms with E-state index in [0.717, 1.165) is 31.9 Å². The standard InChI is InChI=1S/C18H26N2O3/c1-12-4-5-17(6-13(12)2)23-11-18(21)19-15-7-16-10-22-14(3)8-20(16)9-15/h4-6,14-16H,7-11H2,1-3H3,(H,19,21)/t14-,15-,16-/m0/s1. The third-order valence-corrected chi connectivity index (χ3v) is 4.81. The Labute approximate surface area is 137 Å². The van der Waals surface area contributed by atoms with E-state index in [-0.39, 0.29) is 24.7 Å². The molecule has 2 heterocycles. The number of morpholine rings is 1. The lowest BCUT2D eigenvalue weighted by Crippen LogP contribution is -2.45. The monoisotopic (exact) mass is 318 g/mol. The van der Waals surface area contributed by atoms with E-state index in [4.69, 9.17) is 9.47 Å². The molecule has 0 spiro atoms. The van der Waals surface area contributed by atoms with Gasteiger partial charge in [0, 0.05) is 25.2 Å². The lowest BCUT2D eigenvalue weighted by atomic mass is 10.1. The average Bonchev–Trinajstić information content (AvgIpc) is 2.89. The molecule has 1 aromatic carbocycles. The lowest BCUT2D eigenvalue weighted by molar-refractivity contribution is -0.123. The van der Waals surface area contributed by atoms with Crippen LogP contribution in [0.1, 0.15) is 24.5 Å². The predicted molar refractivity (Wildman–Crippen MR) is 88.7 cm³/mol. The summed E-state index contributed by atoms with van der Waals surface area (Å²) < 4.78 is 11.3. The van der Waals surface area contributed by atoms with Gasteiger partial charge in [0.1, 0.15) is 5.75 Å². The smallest absolute Gasteiger partial charge is 0.258 e. The molecule has 1 N–H and O–H groups in total. The highest BCUT2D eigenvalue weighted by atomic mass is 16.5. The summed E-state index contributed by atoms with van der Waals surface area (Å²) in [5, 5.41) is 3.09. The van der Waals surface area contributed by atoms with E-state index in [1.165, 1.54) is 11.1 Å². The van der Waals surface area contributed by atoms with Gasteiger partial charge in [-0.1, -0.05) is 6.07 Å². The van der Waals surface area contributed by atoms with Crippen molar-refractivity contribution < 1.29 is 14.3 Å². The Morgan fingerprint density at radius 2 is 2.17 bits per heavy atom. The maximum absolute atomic E-state index is 12.1. The molecule has 2 aliphatic rings. The summed E-state index contributed by atoms with van der Waals surface area (Å²) in [6.07, 6.45) is 1.25. The van der Waals surface area contributed by atoms with Crippen LogP contribution in [0.4, 0.5) is 0 Å². The van der Waals surface area contributed by atoms with Crippen LogP contribution in [-0.2, 0) is 9.53 Å². The van der Waals surface area contributed by atoms with Crippen molar-refractivity contribution in [3.8, 4) is 5.75 Å². The van der Waals surface area contributed by atoms with Gasteiger partial charge in [-0.25, -0.2) is 0 Å². The summed E-state index contributed by atoms with van der Waals surface area (Å²) in [4.78, 5) is 14.5. The van der Waals surface area contributed by atoms with E-state index in [1.807, 2.05) is 25.1 Å². The van der Waals surface area contributed by atoms with E-state index in [2.05, 4.69) is 24.1 Å². The van der Waals surface area contributed by atoms with Gasteiger partial charge in [-0.2, -0.15) is 0 Å². The average molecular weight is 318 g/mol. The second-order valence-electron chi connectivity index (χ2n) is 6.79. The molecule has 1 aromatic rings. The number of amides is 1. The minimum atomic E-state index is -0.0537. The molecule has 0 radical (unpaired) electrons. The minimum Gasteiger partial charge on any atom is -0.484 e. The number of nitrogens with zero attached hydrogens (tertiary/aromatic N) is 1. The van der Waals surface area contributed by atoms with E-state index in [1.54, 1.807) is 0 Å². The predicted octanol–water partition coefficient (Wildman–Crippen LogP) is 1.66. The van der Waals surface area contributed by atoms with Crippen molar-refractivity contribution in [2.24, 2.45) is 0 Å². The second-order valence-corrected chi connectivity index (χ2v) is 6.79. The number of hydrogen-bond acceptors (Lipinski definition) is 4. The molecule has 5 heteroatoms. The molecule has 3 rings (SSSR count). The molecule has 0 aromatic heterocycles. The number of rotatable bonds is 4. The van der Waals surface area contributed by atoms with Crippen LogP contribution in [0.2, 0.25) is 0 Å². The van der Waals surface area contributed by atoms with Crippen LogP contribution in [-0.4, -0.2) is 55.3 Å². The van der Waals surface area contributed by atoms with Crippen molar-refractivity contribution >= 4 is 5.91 Å². The number of carbonyl (C=O) groups excluding carboxylic acids is 1. The highest BCUT2D eigenvalue weighted by Crippen LogP contribution is 2.23. The fraction of sp³-hybridized carbons (Fsp3) is 0.611. The van der Waals surface area contributed by atoms with Crippen molar-refractivity contribution in [1.82, 2.24) is 10.2 Å². The van der Waals surface area contributed by atoms with Crippen LogP contribution in [0.3, 0.4) is 0 Å². The number of aryl methyl sites for hydroxylation is 2. The van der Waals surface area contributed by atoms with Gasteiger partial charge in [0.25, 0.3) is 5.91 Å². The minimum absolute atomic E-state index is 0.0537. The normalized spacial score (nSPS) is 27.5. The van der Waals surface area contributed by atoms with Gasteiger partial charge in [-0.05, 0) is 50.5 Å². The Bertz CT molecular complexity index is 575. The molecule has 2 aliphatic heterocycles. The number of carbonyl (C=O) groups is 1. The first-order chi connectivity index (χ1) is 11.0. The molecule has 126 valence electrons. The summed E-state index contributed by atoms with van der Waals surface area (Å²) in [5.74, 6) is 0.691. The van der Waals surface area contributed by atoms with Crippen LogP contribution < -0.4 is 10.1 Å². The Hall–Kier alpha value is -1.59. The summed E-state index contributed by atoms with van der Waals surface area (Å²) in [6, 6.07) is 6.53. The summed E-state index contributed by atoms with van der Waals surface area (Å²) in [6.45, 7) is 8.90.